The van der Waals surface area contributed by atoms with Crippen molar-refractivity contribution in [3.8, 4) is 11.5 Å². The second-order valence-electron chi connectivity index (χ2n) is 5.44. The molecule has 0 aliphatic carbocycles. The Morgan fingerprint density at radius 1 is 1.15 bits per heavy atom. The number of methoxy groups -OCH3 is 1. The molecular formula is C18H17NO8. The quantitative estimate of drug-likeness (QED) is 0.412. The molecule has 0 bridgehead atoms. The first kappa shape index (κ1) is 18.3. The summed E-state index contributed by atoms with van der Waals surface area (Å²) in [5, 5.41) is 3.89. The van der Waals surface area contributed by atoms with Crippen molar-refractivity contribution in [2.24, 2.45) is 5.16 Å². The van der Waals surface area contributed by atoms with Gasteiger partial charge in [0.15, 0.2) is 11.5 Å². The molecule has 0 saturated carbocycles. The van der Waals surface area contributed by atoms with Gasteiger partial charge in [-0.05, 0) is 37.3 Å². The average Bonchev–Trinajstić information content (AvgIpc) is 3.34. The Balaban J connectivity index is 1.45. The van der Waals surface area contributed by atoms with E-state index in [4.69, 9.17) is 23.5 Å². The van der Waals surface area contributed by atoms with E-state index in [1.807, 2.05) is 6.07 Å². The lowest BCUT2D eigenvalue weighted by Gasteiger charge is -2.04. The fourth-order valence-corrected chi connectivity index (χ4v) is 2.22. The lowest BCUT2D eigenvalue weighted by atomic mass is 10.1. The fourth-order valence-electron chi connectivity index (χ4n) is 2.22. The zero-order chi connectivity index (χ0) is 19.2. The smallest absolute Gasteiger partial charge is 0.373 e. The van der Waals surface area contributed by atoms with Crippen molar-refractivity contribution in [1.29, 1.82) is 0 Å². The fraction of sp³-hybridized carbons (Fsp3) is 0.278. The molecule has 27 heavy (non-hydrogen) atoms. The van der Waals surface area contributed by atoms with Gasteiger partial charge < -0.3 is 28.2 Å². The van der Waals surface area contributed by atoms with Gasteiger partial charge in [0.05, 0.1) is 12.8 Å². The summed E-state index contributed by atoms with van der Waals surface area (Å²) >= 11 is 0. The first-order valence-electron chi connectivity index (χ1n) is 7.96. The van der Waals surface area contributed by atoms with Gasteiger partial charge in [0.25, 0.3) is 0 Å². The molecule has 2 heterocycles. The van der Waals surface area contributed by atoms with Gasteiger partial charge in [0, 0.05) is 5.56 Å². The standard InChI is InChI=1S/C18H17NO8/c1-11(12-3-5-14-16(7-12)25-10-24-14)19-26-9-17(20)23-8-13-4-6-15(27-13)18(21)22-2/h3-7H,8-10H2,1-2H3/b19-11+. The maximum atomic E-state index is 11.7. The summed E-state index contributed by atoms with van der Waals surface area (Å²) in [6, 6.07) is 8.31. The third-order valence-electron chi connectivity index (χ3n) is 3.60. The van der Waals surface area contributed by atoms with Crippen molar-refractivity contribution in [3.63, 3.8) is 0 Å². The third kappa shape index (κ3) is 4.57. The van der Waals surface area contributed by atoms with Gasteiger partial charge in [-0.1, -0.05) is 5.16 Å². The third-order valence-corrected chi connectivity index (χ3v) is 3.60. The zero-order valence-corrected chi connectivity index (χ0v) is 14.7. The first-order valence-corrected chi connectivity index (χ1v) is 7.96. The molecule has 9 nitrogen and oxygen atoms in total. The number of carbonyl (C=O) groups excluding carboxylic acids is 2. The number of furan rings is 1. The summed E-state index contributed by atoms with van der Waals surface area (Å²) in [5.74, 6) is 0.403. The van der Waals surface area contributed by atoms with E-state index in [2.05, 4.69) is 9.89 Å². The lowest BCUT2D eigenvalue weighted by Crippen LogP contribution is -2.11. The van der Waals surface area contributed by atoms with E-state index in [-0.39, 0.29) is 25.8 Å². The first-order chi connectivity index (χ1) is 13.1. The van der Waals surface area contributed by atoms with Crippen molar-refractivity contribution in [3.05, 3.63) is 47.4 Å². The summed E-state index contributed by atoms with van der Waals surface area (Å²) < 4.78 is 25.2. The zero-order valence-electron chi connectivity index (χ0n) is 14.7. The van der Waals surface area contributed by atoms with Crippen LogP contribution >= 0.6 is 0 Å². The predicted octanol–water partition coefficient (Wildman–Crippen LogP) is 2.28. The van der Waals surface area contributed by atoms with Crippen LogP contribution in [0.15, 0.2) is 39.9 Å². The number of hydrogen-bond acceptors (Lipinski definition) is 9. The lowest BCUT2D eigenvalue weighted by molar-refractivity contribution is -0.150. The highest BCUT2D eigenvalue weighted by Crippen LogP contribution is 2.32. The summed E-state index contributed by atoms with van der Waals surface area (Å²) in [4.78, 5) is 28.0. The van der Waals surface area contributed by atoms with Crippen LogP contribution < -0.4 is 9.47 Å². The Morgan fingerprint density at radius 3 is 2.78 bits per heavy atom. The SMILES string of the molecule is COC(=O)c1ccc(COC(=O)CO/N=C(\C)c2ccc3c(c2)OCO3)o1. The molecule has 1 aromatic heterocycles. The Morgan fingerprint density at radius 2 is 1.96 bits per heavy atom. The molecule has 3 rings (SSSR count). The molecule has 0 radical (unpaired) electrons. The highest BCUT2D eigenvalue weighted by molar-refractivity contribution is 5.99. The maximum Gasteiger partial charge on any atom is 0.373 e. The number of nitrogens with zero attached hydrogens (tertiary/aromatic N) is 1. The number of esters is 2. The van der Waals surface area contributed by atoms with Crippen LogP contribution in [-0.4, -0.2) is 38.2 Å². The Kier molecular flexibility index (Phi) is 5.60. The minimum atomic E-state index is -0.631. The summed E-state index contributed by atoms with van der Waals surface area (Å²) in [7, 11) is 1.24. The van der Waals surface area contributed by atoms with Gasteiger partial charge in [0.2, 0.25) is 19.2 Å². The molecule has 0 atom stereocenters. The molecule has 1 aliphatic heterocycles. The normalized spacial score (nSPS) is 12.6. The number of benzene rings is 1. The van der Waals surface area contributed by atoms with Crippen molar-refractivity contribution in [2.45, 2.75) is 13.5 Å². The van der Waals surface area contributed by atoms with Crippen LogP contribution in [0.1, 0.15) is 28.8 Å². The molecule has 1 aromatic carbocycles. The van der Waals surface area contributed by atoms with Gasteiger partial charge in [-0.25, -0.2) is 9.59 Å². The van der Waals surface area contributed by atoms with Crippen molar-refractivity contribution >= 4 is 17.7 Å². The van der Waals surface area contributed by atoms with E-state index >= 15 is 0 Å². The number of rotatable bonds is 7. The van der Waals surface area contributed by atoms with Crippen LogP contribution in [0.5, 0.6) is 11.5 Å². The highest BCUT2D eigenvalue weighted by atomic mass is 16.7. The van der Waals surface area contributed by atoms with Crippen molar-refractivity contribution in [1.82, 2.24) is 0 Å². The summed E-state index contributed by atoms with van der Waals surface area (Å²) in [6.45, 7) is 1.42. The second kappa shape index (κ2) is 8.26. The molecule has 0 saturated heterocycles. The van der Waals surface area contributed by atoms with E-state index < -0.39 is 11.9 Å². The molecule has 2 aromatic rings. The predicted molar refractivity (Wildman–Crippen MR) is 90.6 cm³/mol. The number of oxime groups is 1. The van der Waals surface area contributed by atoms with Crippen molar-refractivity contribution in [2.75, 3.05) is 20.5 Å². The number of ether oxygens (including phenoxy) is 4. The molecule has 0 fully saturated rings. The van der Waals surface area contributed by atoms with E-state index in [0.717, 1.165) is 5.56 Å². The van der Waals surface area contributed by atoms with Gasteiger partial charge in [-0.2, -0.15) is 0 Å². The van der Waals surface area contributed by atoms with Gasteiger partial charge >= 0.3 is 11.9 Å². The summed E-state index contributed by atoms with van der Waals surface area (Å²) in [6.07, 6.45) is 0. The van der Waals surface area contributed by atoms with Crippen LogP contribution in [0.2, 0.25) is 0 Å². The number of fused-ring (bicyclic) bond motifs is 1. The Bertz CT molecular complexity index is 870. The molecule has 142 valence electrons. The topological polar surface area (TPSA) is 106 Å². The van der Waals surface area contributed by atoms with Gasteiger partial charge in [-0.15, -0.1) is 0 Å². The largest absolute Gasteiger partial charge is 0.463 e. The van der Waals surface area contributed by atoms with Crippen LogP contribution in [0.25, 0.3) is 0 Å². The van der Waals surface area contributed by atoms with Crippen LogP contribution in [0.3, 0.4) is 0 Å². The van der Waals surface area contributed by atoms with Crippen LogP contribution in [0, 0.1) is 0 Å². The number of carbonyl (C=O) groups is 2. The number of hydrogen-bond donors (Lipinski definition) is 0. The second-order valence-corrected chi connectivity index (χ2v) is 5.44. The van der Waals surface area contributed by atoms with E-state index in [9.17, 15) is 9.59 Å². The van der Waals surface area contributed by atoms with Gasteiger partial charge in [-0.3, -0.25) is 0 Å². The molecule has 1 aliphatic rings. The van der Waals surface area contributed by atoms with Crippen molar-refractivity contribution < 1.29 is 37.8 Å². The van der Waals surface area contributed by atoms with Crippen LogP contribution in [-0.2, 0) is 25.7 Å². The van der Waals surface area contributed by atoms with Crippen LogP contribution in [0.4, 0.5) is 0 Å². The highest BCUT2D eigenvalue weighted by Gasteiger charge is 2.15. The Hall–Kier alpha value is -3.49. The summed E-state index contributed by atoms with van der Waals surface area (Å²) in [5.41, 5.74) is 1.34. The Labute approximate surface area is 154 Å². The monoisotopic (exact) mass is 375 g/mol. The maximum absolute atomic E-state index is 11.7. The van der Waals surface area contributed by atoms with E-state index in [1.54, 1.807) is 19.1 Å². The van der Waals surface area contributed by atoms with E-state index in [1.165, 1.54) is 19.2 Å². The molecule has 0 amide bonds. The minimum absolute atomic E-state index is 0.0312. The minimum Gasteiger partial charge on any atom is -0.463 e. The molecule has 0 unspecified atom stereocenters. The van der Waals surface area contributed by atoms with E-state index in [0.29, 0.717) is 23.0 Å². The molecule has 0 spiro atoms. The molecular weight excluding hydrogens is 358 g/mol. The average molecular weight is 375 g/mol. The molecule has 0 N–H and O–H groups in total. The van der Waals surface area contributed by atoms with Gasteiger partial charge in [0.1, 0.15) is 12.4 Å². The molecule has 9 heteroatoms.